The Balaban J connectivity index is 2.33. The Labute approximate surface area is 107 Å². The molecule has 4 heteroatoms. The first-order valence-corrected chi connectivity index (χ1v) is 7.24. The van der Waals surface area contributed by atoms with Crippen LogP contribution < -0.4 is 0 Å². The number of rotatable bonds is 4. The van der Waals surface area contributed by atoms with E-state index in [4.69, 9.17) is 9.72 Å². The molecule has 1 N–H and O–H groups in total. The molecular formula is C13H21NO2S. The minimum Gasteiger partial charge on any atom is -0.388 e. The van der Waals surface area contributed by atoms with Crippen LogP contribution in [0, 0.1) is 0 Å². The molecular weight excluding hydrogens is 234 g/mol. The summed E-state index contributed by atoms with van der Waals surface area (Å²) >= 11 is 1.63. The van der Waals surface area contributed by atoms with Crippen molar-refractivity contribution in [1.82, 2.24) is 4.98 Å². The lowest BCUT2D eigenvalue weighted by Gasteiger charge is -2.25. The zero-order chi connectivity index (χ0) is 12.5. The normalized spacial score (nSPS) is 23.2. The highest BCUT2D eigenvalue weighted by atomic mass is 32.1. The van der Waals surface area contributed by atoms with Gasteiger partial charge in [0, 0.05) is 6.61 Å². The molecule has 0 spiro atoms. The highest BCUT2D eigenvalue weighted by molar-refractivity contribution is 7.12. The van der Waals surface area contributed by atoms with Gasteiger partial charge >= 0.3 is 0 Å². The molecule has 1 aromatic heterocycles. The molecule has 0 fully saturated rings. The lowest BCUT2D eigenvalue weighted by molar-refractivity contribution is -0.0325. The quantitative estimate of drug-likeness (QED) is 0.898. The predicted octanol–water partition coefficient (Wildman–Crippen LogP) is 3.17. The van der Waals surface area contributed by atoms with E-state index in [1.807, 2.05) is 6.92 Å². The van der Waals surface area contributed by atoms with Gasteiger partial charge in [-0.2, -0.15) is 0 Å². The topological polar surface area (TPSA) is 42.4 Å². The maximum absolute atomic E-state index is 9.97. The molecule has 17 heavy (non-hydrogen) atoms. The molecule has 2 unspecified atom stereocenters. The number of ether oxygens (including phenoxy) is 1. The van der Waals surface area contributed by atoms with Gasteiger partial charge in [-0.05, 0) is 39.5 Å². The van der Waals surface area contributed by atoms with Crippen LogP contribution in [-0.2, 0) is 16.8 Å². The van der Waals surface area contributed by atoms with Crippen molar-refractivity contribution >= 4 is 11.3 Å². The lowest BCUT2D eigenvalue weighted by atomic mass is 10.00. The van der Waals surface area contributed by atoms with Gasteiger partial charge in [0.1, 0.15) is 10.6 Å². The van der Waals surface area contributed by atoms with Gasteiger partial charge in [-0.3, -0.25) is 0 Å². The summed E-state index contributed by atoms with van der Waals surface area (Å²) in [5, 5.41) is 11.0. The summed E-state index contributed by atoms with van der Waals surface area (Å²) in [5.74, 6) is 0. The summed E-state index contributed by atoms with van der Waals surface area (Å²) in [4.78, 5) is 5.76. The molecule has 96 valence electrons. The third-order valence-corrected chi connectivity index (χ3v) is 4.96. The van der Waals surface area contributed by atoms with Crippen LogP contribution in [0.4, 0.5) is 0 Å². The Kier molecular flexibility index (Phi) is 3.85. The van der Waals surface area contributed by atoms with Gasteiger partial charge in [0.2, 0.25) is 0 Å². The third-order valence-electron chi connectivity index (χ3n) is 3.51. The van der Waals surface area contributed by atoms with E-state index in [-0.39, 0.29) is 11.7 Å². The number of fused-ring (bicyclic) bond motifs is 1. The van der Waals surface area contributed by atoms with E-state index in [2.05, 4.69) is 13.8 Å². The molecule has 1 aliphatic rings. The average molecular weight is 255 g/mol. The van der Waals surface area contributed by atoms with Crippen LogP contribution in [0.5, 0.6) is 0 Å². The standard InChI is InChI=1S/C13H21NO2S/c1-4-13(3,16-5-2)12-14-9-7-6-8-10(15)11(9)17-12/h10,15H,4-8H2,1-3H3. The van der Waals surface area contributed by atoms with Crippen molar-refractivity contribution in [3.63, 3.8) is 0 Å². The number of aromatic nitrogens is 1. The fraction of sp³-hybridized carbons (Fsp3) is 0.769. The van der Waals surface area contributed by atoms with E-state index in [0.29, 0.717) is 6.61 Å². The molecule has 0 saturated heterocycles. The van der Waals surface area contributed by atoms with Crippen molar-refractivity contribution in [1.29, 1.82) is 0 Å². The molecule has 3 nitrogen and oxygen atoms in total. The van der Waals surface area contributed by atoms with Crippen molar-refractivity contribution in [3.8, 4) is 0 Å². The molecule has 1 aromatic rings. The summed E-state index contributed by atoms with van der Waals surface area (Å²) in [6, 6.07) is 0. The molecule has 2 rings (SSSR count). The second-order valence-corrected chi connectivity index (χ2v) is 5.79. The fourth-order valence-corrected chi connectivity index (χ4v) is 3.56. The van der Waals surface area contributed by atoms with Gasteiger partial charge in [0.05, 0.1) is 16.7 Å². The zero-order valence-electron chi connectivity index (χ0n) is 10.8. The van der Waals surface area contributed by atoms with Crippen LogP contribution in [0.15, 0.2) is 0 Å². The molecule has 0 aromatic carbocycles. The molecule has 0 radical (unpaired) electrons. The van der Waals surface area contributed by atoms with Crippen LogP contribution in [0.1, 0.15) is 61.7 Å². The first-order valence-electron chi connectivity index (χ1n) is 6.42. The van der Waals surface area contributed by atoms with Crippen LogP contribution in [0.3, 0.4) is 0 Å². The maximum Gasteiger partial charge on any atom is 0.125 e. The van der Waals surface area contributed by atoms with E-state index in [9.17, 15) is 5.11 Å². The van der Waals surface area contributed by atoms with E-state index in [1.165, 1.54) is 0 Å². The summed E-state index contributed by atoms with van der Waals surface area (Å²) < 4.78 is 5.84. The van der Waals surface area contributed by atoms with Gasteiger partial charge in [-0.1, -0.05) is 6.92 Å². The van der Waals surface area contributed by atoms with Gasteiger partial charge in [-0.15, -0.1) is 11.3 Å². The summed E-state index contributed by atoms with van der Waals surface area (Å²) in [6.45, 7) is 6.91. The largest absolute Gasteiger partial charge is 0.388 e. The van der Waals surface area contributed by atoms with Crippen LogP contribution >= 0.6 is 11.3 Å². The lowest BCUT2D eigenvalue weighted by Crippen LogP contribution is -2.24. The Morgan fingerprint density at radius 1 is 1.53 bits per heavy atom. The van der Waals surface area contributed by atoms with Gasteiger partial charge in [-0.25, -0.2) is 4.98 Å². The van der Waals surface area contributed by atoms with Gasteiger partial charge in [0.15, 0.2) is 0 Å². The molecule has 2 atom stereocenters. The van der Waals surface area contributed by atoms with E-state index in [0.717, 1.165) is 41.3 Å². The highest BCUT2D eigenvalue weighted by Gasteiger charge is 2.32. The molecule has 0 aliphatic heterocycles. The molecule has 1 heterocycles. The number of hydrogen-bond acceptors (Lipinski definition) is 4. The van der Waals surface area contributed by atoms with E-state index in [1.54, 1.807) is 11.3 Å². The number of nitrogens with zero attached hydrogens (tertiary/aromatic N) is 1. The van der Waals surface area contributed by atoms with Crippen molar-refractivity contribution < 1.29 is 9.84 Å². The van der Waals surface area contributed by atoms with Crippen LogP contribution in [-0.4, -0.2) is 16.7 Å². The minimum absolute atomic E-state index is 0.295. The average Bonchev–Trinajstić information content (AvgIpc) is 2.75. The van der Waals surface area contributed by atoms with E-state index >= 15 is 0 Å². The second kappa shape index (κ2) is 5.04. The van der Waals surface area contributed by atoms with Gasteiger partial charge in [0.25, 0.3) is 0 Å². The second-order valence-electron chi connectivity index (χ2n) is 4.76. The van der Waals surface area contributed by atoms with E-state index < -0.39 is 0 Å². The number of thiazole rings is 1. The van der Waals surface area contributed by atoms with Gasteiger partial charge < -0.3 is 9.84 Å². The number of aliphatic hydroxyl groups excluding tert-OH is 1. The van der Waals surface area contributed by atoms with Crippen molar-refractivity contribution in [3.05, 3.63) is 15.6 Å². The summed E-state index contributed by atoms with van der Waals surface area (Å²) in [7, 11) is 0. The number of hydrogen-bond donors (Lipinski definition) is 1. The van der Waals surface area contributed by atoms with Crippen molar-refractivity contribution in [2.45, 2.75) is 58.2 Å². The first-order chi connectivity index (χ1) is 8.10. The highest BCUT2D eigenvalue weighted by Crippen LogP contribution is 2.39. The SMILES string of the molecule is CCOC(C)(CC)c1nc2c(s1)C(O)CCC2. The zero-order valence-corrected chi connectivity index (χ0v) is 11.6. The maximum atomic E-state index is 9.97. The third kappa shape index (κ3) is 2.39. The minimum atomic E-state index is -0.312. The van der Waals surface area contributed by atoms with Crippen LogP contribution in [0.25, 0.3) is 0 Å². The number of aryl methyl sites for hydroxylation is 1. The molecule has 0 amide bonds. The smallest absolute Gasteiger partial charge is 0.125 e. The van der Waals surface area contributed by atoms with Crippen molar-refractivity contribution in [2.75, 3.05) is 6.61 Å². The fourth-order valence-electron chi connectivity index (χ4n) is 2.26. The molecule has 1 aliphatic carbocycles. The Morgan fingerprint density at radius 2 is 2.29 bits per heavy atom. The monoisotopic (exact) mass is 255 g/mol. The Morgan fingerprint density at radius 3 is 2.88 bits per heavy atom. The first kappa shape index (κ1) is 13.0. The van der Waals surface area contributed by atoms with Crippen LogP contribution in [0.2, 0.25) is 0 Å². The summed E-state index contributed by atoms with van der Waals surface area (Å²) in [6.07, 6.45) is 3.49. The molecule has 0 bridgehead atoms. The Bertz CT molecular complexity index is 391. The summed E-state index contributed by atoms with van der Waals surface area (Å²) in [5.41, 5.74) is 0.791. The number of aliphatic hydroxyl groups is 1. The Hall–Kier alpha value is -0.450. The van der Waals surface area contributed by atoms with Crippen molar-refractivity contribution in [2.24, 2.45) is 0 Å². The molecule has 0 saturated carbocycles. The predicted molar refractivity (Wildman–Crippen MR) is 69.3 cm³/mol.